The molecule has 0 bridgehead atoms. The van der Waals surface area contributed by atoms with Crippen LogP contribution in [0.3, 0.4) is 0 Å². The SMILES string of the molecule is CCCc1c(CO)cnn1Cc1ccccc1Br. The molecular formula is C14H17BrN2O. The molecule has 0 saturated heterocycles. The molecule has 0 aliphatic heterocycles. The number of rotatable bonds is 5. The Morgan fingerprint density at radius 3 is 2.72 bits per heavy atom. The molecule has 2 aromatic rings. The summed E-state index contributed by atoms with van der Waals surface area (Å²) in [6.07, 6.45) is 3.76. The second-order valence-corrected chi connectivity index (χ2v) is 5.13. The third kappa shape index (κ3) is 2.82. The summed E-state index contributed by atoms with van der Waals surface area (Å²) in [6, 6.07) is 8.14. The predicted molar refractivity (Wildman–Crippen MR) is 75.4 cm³/mol. The van der Waals surface area contributed by atoms with Crippen LogP contribution in [0, 0.1) is 0 Å². The van der Waals surface area contributed by atoms with Crippen LogP contribution in [0.15, 0.2) is 34.9 Å². The van der Waals surface area contributed by atoms with Gasteiger partial charge in [-0.25, -0.2) is 0 Å². The standard InChI is InChI=1S/C14H17BrN2O/c1-2-5-14-12(10-18)8-16-17(14)9-11-6-3-4-7-13(11)15/h3-4,6-8,18H,2,5,9-10H2,1H3. The van der Waals surface area contributed by atoms with Gasteiger partial charge < -0.3 is 5.11 Å². The first kappa shape index (κ1) is 13.3. The number of aromatic nitrogens is 2. The van der Waals surface area contributed by atoms with Gasteiger partial charge >= 0.3 is 0 Å². The van der Waals surface area contributed by atoms with Crippen molar-refractivity contribution >= 4 is 15.9 Å². The predicted octanol–water partition coefficient (Wildman–Crippen LogP) is 3.14. The molecule has 1 heterocycles. The van der Waals surface area contributed by atoms with Crippen LogP contribution in [-0.4, -0.2) is 14.9 Å². The van der Waals surface area contributed by atoms with E-state index in [0.717, 1.165) is 35.1 Å². The van der Waals surface area contributed by atoms with Gasteiger partial charge in [0.2, 0.25) is 0 Å². The van der Waals surface area contributed by atoms with Gasteiger partial charge in [-0.1, -0.05) is 47.5 Å². The molecule has 18 heavy (non-hydrogen) atoms. The highest BCUT2D eigenvalue weighted by Gasteiger charge is 2.10. The number of benzene rings is 1. The topological polar surface area (TPSA) is 38.1 Å². The maximum atomic E-state index is 9.32. The normalized spacial score (nSPS) is 10.8. The maximum Gasteiger partial charge on any atom is 0.0715 e. The van der Waals surface area contributed by atoms with E-state index < -0.39 is 0 Å². The second-order valence-electron chi connectivity index (χ2n) is 4.27. The van der Waals surface area contributed by atoms with Crippen LogP contribution in [0.2, 0.25) is 0 Å². The lowest BCUT2D eigenvalue weighted by molar-refractivity contribution is 0.280. The molecule has 4 heteroatoms. The fourth-order valence-electron chi connectivity index (χ4n) is 2.03. The van der Waals surface area contributed by atoms with Gasteiger partial charge in [0.25, 0.3) is 0 Å². The van der Waals surface area contributed by atoms with Crippen molar-refractivity contribution in [2.45, 2.75) is 32.9 Å². The van der Waals surface area contributed by atoms with Crippen LogP contribution < -0.4 is 0 Å². The molecule has 0 aliphatic rings. The fraction of sp³-hybridized carbons (Fsp3) is 0.357. The lowest BCUT2D eigenvalue weighted by Crippen LogP contribution is -2.08. The third-order valence-electron chi connectivity index (χ3n) is 2.97. The second kappa shape index (κ2) is 6.16. The lowest BCUT2D eigenvalue weighted by Gasteiger charge is -2.09. The number of hydrogen-bond donors (Lipinski definition) is 1. The summed E-state index contributed by atoms with van der Waals surface area (Å²) in [5, 5.41) is 13.7. The van der Waals surface area contributed by atoms with Gasteiger partial charge in [-0.15, -0.1) is 0 Å². The largest absolute Gasteiger partial charge is 0.392 e. The van der Waals surface area contributed by atoms with E-state index in [1.165, 1.54) is 5.56 Å². The van der Waals surface area contributed by atoms with Crippen molar-refractivity contribution in [3.8, 4) is 0 Å². The summed E-state index contributed by atoms with van der Waals surface area (Å²) in [5.41, 5.74) is 3.27. The van der Waals surface area contributed by atoms with Crippen LogP contribution in [0.5, 0.6) is 0 Å². The van der Waals surface area contributed by atoms with Gasteiger partial charge in [0.1, 0.15) is 0 Å². The zero-order valence-corrected chi connectivity index (χ0v) is 12.0. The number of nitrogens with zero attached hydrogens (tertiary/aromatic N) is 2. The molecule has 0 spiro atoms. The van der Waals surface area contributed by atoms with E-state index in [2.05, 4.69) is 34.0 Å². The van der Waals surface area contributed by atoms with E-state index in [9.17, 15) is 5.11 Å². The van der Waals surface area contributed by atoms with Gasteiger partial charge in [-0.05, 0) is 18.1 Å². The van der Waals surface area contributed by atoms with Crippen molar-refractivity contribution in [3.05, 3.63) is 51.8 Å². The molecule has 96 valence electrons. The van der Waals surface area contributed by atoms with Crippen LogP contribution in [0.25, 0.3) is 0 Å². The fourth-order valence-corrected chi connectivity index (χ4v) is 2.44. The van der Waals surface area contributed by atoms with Crippen LogP contribution in [0.1, 0.15) is 30.2 Å². The van der Waals surface area contributed by atoms with Crippen molar-refractivity contribution in [3.63, 3.8) is 0 Å². The highest BCUT2D eigenvalue weighted by molar-refractivity contribution is 9.10. The van der Waals surface area contributed by atoms with E-state index >= 15 is 0 Å². The van der Waals surface area contributed by atoms with E-state index in [1.807, 2.05) is 22.9 Å². The molecule has 1 aromatic carbocycles. The Labute approximate surface area is 116 Å². The molecule has 0 aliphatic carbocycles. The molecule has 0 fully saturated rings. The monoisotopic (exact) mass is 308 g/mol. The Bertz CT molecular complexity index is 522. The molecule has 0 amide bonds. The quantitative estimate of drug-likeness (QED) is 0.921. The van der Waals surface area contributed by atoms with Crippen molar-refractivity contribution in [1.29, 1.82) is 0 Å². The van der Waals surface area contributed by atoms with Crippen LogP contribution >= 0.6 is 15.9 Å². The zero-order chi connectivity index (χ0) is 13.0. The molecule has 0 radical (unpaired) electrons. The first-order valence-electron chi connectivity index (χ1n) is 6.14. The number of hydrogen-bond acceptors (Lipinski definition) is 2. The number of aliphatic hydroxyl groups is 1. The first-order chi connectivity index (χ1) is 8.76. The number of aliphatic hydroxyl groups excluding tert-OH is 1. The molecule has 3 nitrogen and oxygen atoms in total. The smallest absolute Gasteiger partial charge is 0.0715 e. The Kier molecular flexibility index (Phi) is 4.55. The Morgan fingerprint density at radius 1 is 1.28 bits per heavy atom. The van der Waals surface area contributed by atoms with Crippen molar-refractivity contribution in [2.75, 3.05) is 0 Å². The van der Waals surface area contributed by atoms with Gasteiger partial charge in [-0.3, -0.25) is 4.68 Å². The van der Waals surface area contributed by atoms with E-state index in [0.29, 0.717) is 0 Å². The van der Waals surface area contributed by atoms with Gasteiger partial charge in [0.15, 0.2) is 0 Å². The molecule has 0 unspecified atom stereocenters. The Balaban J connectivity index is 2.29. The average molecular weight is 309 g/mol. The summed E-state index contributed by atoms with van der Waals surface area (Å²) < 4.78 is 3.07. The Morgan fingerprint density at radius 2 is 2.06 bits per heavy atom. The van der Waals surface area contributed by atoms with Gasteiger partial charge in [0.05, 0.1) is 19.3 Å². The zero-order valence-electron chi connectivity index (χ0n) is 10.4. The lowest BCUT2D eigenvalue weighted by atomic mass is 10.1. The summed E-state index contributed by atoms with van der Waals surface area (Å²) in [5.74, 6) is 0. The van der Waals surface area contributed by atoms with Crippen molar-refractivity contribution < 1.29 is 5.11 Å². The molecule has 2 rings (SSSR count). The van der Waals surface area contributed by atoms with Gasteiger partial charge in [-0.2, -0.15) is 5.10 Å². The summed E-state index contributed by atoms with van der Waals surface area (Å²) in [6.45, 7) is 2.93. The minimum Gasteiger partial charge on any atom is -0.392 e. The van der Waals surface area contributed by atoms with Crippen LogP contribution in [-0.2, 0) is 19.6 Å². The molecule has 1 aromatic heterocycles. The minimum atomic E-state index is 0.0608. The van der Waals surface area contributed by atoms with E-state index in [1.54, 1.807) is 6.20 Å². The summed E-state index contributed by atoms with van der Waals surface area (Å²) in [4.78, 5) is 0. The van der Waals surface area contributed by atoms with Crippen molar-refractivity contribution in [1.82, 2.24) is 9.78 Å². The van der Waals surface area contributed by atoms with E-state index in [4.69, 9.17) is 0 Å². The third-order valence-corrected chi connectivity index (χ3v) is 3.74. The highest BCUT2D eigenvalue weighted by atomic mass is 79.9. The minimum absolute atomic E-state index is 0.0608. The summed E-state index contributed by atoms with van der Waals surface area (Å²) >= 11 is 3.55. The average Bonchev–Trinajstić information content (AvgIpc) is 2.75. The molecule has 0 saturated carbocycles. The molecule has 1 N–H and O–H groups in total. The van der Waals surface area contributed by atoms with Crippen LogP contribution in [0.4, 0.5) is 0 Å². The molecular weight excluding hydrogens is 292 g/mol. The highest BCUT2D eigenvalue weighted by Crippen LogP contribution is 2.19. The van der Waals surface area contributed by atoms with Gasteiger partial charge in [0, 0.05) is 15.7 Å². The maximum absolute atomic E-state index is 9.32. The molecule has 0 atom stereocenters. The first-order valence-corrected chi connectivity index (χ1v) is 6.93. The van der Waals surface area contributed by atoms with Crippen molar-refractivity contribution in [2.24, 2.45) is 0 Å². The van der Waals surface area contributed by atoms with E-state index in [-0.39, 0.29) is 6.61 Å². The Hall–Kier alpha value is -1.13. The summed E-state index contributed by atoms with van der Waals surface area (Å²) in [7, 11) is 0. The number of halogens is 1.